The van der Waals surface area contributed by atoms with E-state index in [1.54, 1.807) is 0 Å². The Morgan fingerprint density at radius 1 is 0.967 bits per heavy atom. The summed E-state index contributed by atoms with van der Waals surface area (Å²) in [5.41, 5.74) is 5.23. The van der Waals surface area contributed by atoms with E-state index in [4.69, 9.17) is 15.9 Å². The number of thiol groups is 1. The Labute approximate surface area is 179 Å². The fraction of sp³-hybridized carbons (Fsp3) is 0.300. The van der Waals surface area contributed by atoms with Gasteiger partial charge < -0.3 is 26.6 Å². The average Bonchev–Trinajstić information content (AvgIpc) is 2.74. The van der Waals surface area contributed by atoms with E-state index >= 15 is 0 Å². The van der Waals surface area contributed by atoms with Crippen molar-refractivity contribution >= 4 is 47.2 Å². The molecule has 0 saturated carbocycles. The SMILES string of the molecule is N[C@@H](CCC(=O)N[C@@H](CS)C(=O)NCC(=O)O)C(=O)O.c1ccc2ccccc2c1. The lowest BCUT2D eigenvalue weighted by atomic mass is 10.1. The van der Waals surface area contributed by atoms with Crippen molar-refractivity contribution < 1.29 is 29.4 Å². The minimum absolute atomic E-state index is 0.0256. The van der Waals surface area contributed by atoms with E-state index < -0.39 is 42.4 Å². The summed E-state index contributed by atoms with van der Waals surface area (Å²) in [7, 11) is 0. The van der Waals surface area contributed by atoms with Crippen molar-refractivity contribution in [3.05, 3.63) is 48.5 Å². The number of carbonyl (C=O) groups excluding carboxylic acids is 2. The van der Waals surface area contributed by atoms with Gasteiger partial charge in [0.1, 0.15) is 18.6 Å². The number of hydrogen-bond donors (Lipinski definition) is 6. The Morgan fingerprint density at radius 3 is 1.87 bits per heavy atom. The van der Waals surface area contributed by atoms with E-state index in [0.29, 0.717) is 0 Å². The number of carboxylic acid groups (broad SMARTS) is 2. The second-order valence-corrected chi connectivity index (χ2v) is 6.61. The van der Waals surface area contributed by atoms with Crippen LogP contribution >= 0.6 is 12.6 Å². The summed E-state index contributed by atoms with van der Waals surface area (Å²) in [6, 6.07) is 14.6. The van der Waals surface area contributed by atoms with Crippen molar-refractivity contribution in [2.45, 2.75) is 24.9 Å². The molecule has 0 radical (unpaired) electrons. The highest BCUT2D eigenvalue weighted by Crippen LogP contribution is 2.11. The van der Waals surface area contributed by atoms with E-state index in [2.05, 4.69) is 71.8 Å². The molecule has 162 valence electrons. The first-order valence-corrected chi connectivity index (χ1v) is 9.69. The molecule has 2 rings (SSSR count). The number of aliphatic carboxylic acids is 2. The number of carbonyl (C=O) groups is 4. The lowest BCUT2D eigenvalue weighted by Gasteiger charge is -2.16. The fourth-order valence-corrected chi connectivity index (χ4v) is 2.55. The van der Waals surface area contributed by atoms with E-state index in [-0.39, 0.29) is 18.6 Å². The first-order valence-electron chi connectivity index (χ1n) is 9.06. The molecule has 0 aliphatic rings. The summed E-state index contributed by atoms with van der Waals surface area (Å²) < 4.78 is 0. The van der Waals surface area contributed by atoms with Gasteiger partial charge in [-0.25, -0.2) is 0 Å². The molecule has 2 aromatic rings. The van der Waals surface area contributed by atoms with Gasteiger partial charge in [0.05, 0.1) is 0 Å². The Morgan fingerprint density at radius 2 is 1.47 bits per heavy atom. The molecule has 0 unspecified atom stereocenters. The third-order valence-electron chi connectivity index (χ3n) is 3.91. The van der Waals surface area contributed by atoms with Crippen LogP contribution in [-0.4, -0.2) is 58.3 Å². The largest absolute Gasteiger partial charge is 0.480 e. The van der Waals surface area contributed by atoms with Crippen LogP contribution in [0.3, 0.4) is 0 Å². The summed E-state index contributed by atoms with van der Waals surface area (Å²) in [5.74, 6) is -3.70. The van der Waals surface area contributed by atoms with Gasteiger partial charge in [-0.2, -0.15) is 12.6 Å². The van der Waals surface area contributed by atoms with Crippen LogP contribution in [0.1, 0.15) is 12.8 Å². The average molecular weight is 436 g/mol. The Bertz CT molecular complexity index is 811. The van der Waals surface area contributed by atoms with Crippen LogP contribution in [0, 0.1) is 0 Å². The minimum Gasteiger partial charge on any atom is -0.480 e. The number of nitrogens with two attached hydrogens (primary N) is 1. The number of hydrogen-bond acceptors (Lipinski definition) is 6. The second kappa shape index (κ2) is 13.2. The molecular weight excluding hydrogens is 410 g/mol. The van der Waals surface area contributed by atoms with Crippen LogP contribution in [0.4, 0.5) is 0 Å². The minimum atomic E-state index is -1.22. The normalized spacial score (nSPS) is 12.1. The summed E-state index contributed by atoms with van der Waals surface area (Å²) >= 11 is 3.87. The van der Waals surface area contributed by atoms with Crippen LogP contribution in [-0.2, 0) is 19.2 Å². The molecule has 2 atom stereocenters. The molecule has 2 amide bonds. The molecule has 9 nitrogen and oxygen atoms in total. The molecule has 0 aliphatic heterocycles. The van der Waals surface area contributed by atoms with E-state index in [1.165, 1.54) is 10.8 Å². The number of rotatable bonds is 9. The lowest BCUT2D eigenvalue weighted by Crippen LogP contribution is -2.49. The number of carboxylic acids is 2. The first-order chi connectivity index (χ1) is 14.2. The van der Waals surface area contributed by atoms with Crippen molar-refractivity contribution in [1.82, 2.24) is 10.6 Å². The van der Waals surface area contributed by atoms with Crippen molar-refractivity contribution in [2.75, 3.05) is 12.3 Å². The highest BCUT2D eigenvalue weighted by molar-refractivity contribution is 7.80. The van der Waals surface area contributed by atoms with E-state index in [9.17, 15) is 19.2 Å². The predicted molar refractivity (Wildman–Crippen MR) is 115 cm³/mol. The van der Waals surface area contributed by atoms with Crippen molar-refractivity contribution in [1.29, 1.82) is 0 Å². The van der Waals surface area contributed by atoms with Crippen molar-refractivity contribution in [3.63, 3.8) is 0 Å². The maximum atomic E-state index is 11.5. The topological polar surface area (TPSA) is 159 Å². The third-order valence-corrected chi connectivity index (χ3v) is 4.27. The molecule has 0 aromatic heterocycles. The van der Waals surface area contributed by atoms with Crippen molar-refractivity contribution in [2.24, 2.45) is 5.73 Å². The quantitative estimate of drug-likeness (QED) is 0.315. The second-order valence-electron chi connectivity index (χ2n) is 6.24. The van der Waals surface area contributed by atoms with Gasteiger partial charge in [0.25, 0.3) is 0 Å². The smallest absolute Gasteiger partial charge is 0.322 e. The van der Waals surface area contributed by atoms with Gasteiger partial charge in [-0.1, -0.05) is 48.5 Å². The van der Waals surface area contributed by atoms with Gasteiger partial charge in [-0.3, -0.25) is 19.2 Å². The van der Waals surface area contributed by atoms with Gasteiger partial charge in [-0.05, 0) is 17.2 Å². The van der Waals surface area contributed by atoms with Crippen LogP contribution in [0.15, 0.2) is 48.5 Å². The van der Waals surface area contributed by atoms with E-state index in [0.717, 1.165) is 0 Å². The van der Waals surface area contributed by atoms with Gasteiger partial charge in [0.15, 0.2) is 0 Å². The first kappa shape index (κ1) is 24.9. The zero-order valence-corrected chi connectivity index (χ0v) is 17.0. The molecule has 10 heteroatoms. The van der Waals surface area contributed by atoms with E-state index in [1.807, 2.05) is 0 Å². The number of benzene rings is 2. The van der Waals surface area contributed by atoms with Crippen LogP contribution < -0.4 is 16.4 Å². The third kappa shape index (κ3) is 9.39. The number of nitrogens with one attached hydrogen (secondary N) is 2. The number of fused-ring (bicyclic) bond motifs is 1. The molecular formula is C20H25N3O6S. The molecule has 0 saturated heterocycles. The molecule has 6 N–H and O–H groups in total. The Kier molecular flexibility index (Phi) is 10.9. The van der Waals surface area contributed by atoms with Gasteiger partial charge >= 0.3 is 11.9 Å². The summed E-state index contributed by atoms with van der Waals surface area (Å²) in [6.45, 7) is -0.567. The molecule has 30 heavy (non-hydrogen) atoms. The molecule has 0 bridgehead atoms. The maximum absolute atomic E-state index is 11.5. The molecule has 0 spiro atoms. The summed E-state index contributed by atoms with van der Waals surface area (Å²) in [6.07, 6.45) is -0.235. The summed E-state index contributed by atoms with van der Waals surface area (Å²) in [5, 5.41) is 24.0. The fourth-order valence-electron chi connectivity index (χ4n) is 2.29. The lowest BCUT2D eigenvalue weighted by molar-refractivity contribution is -0.139. The highest BCUT2D eigenvalue weighted by Gasteiger charge is 2.20. The van der Waals surface area contributed by atoms with Crippen LogP contribution in [0.2, 0.25) is 0 Å². The van der Waals surface area contributed by atoms with Gasteiger partial charge in [0.2, 0.25) is 11.8 Å². The molecule has 0 aliphatic carbocycles. The summed E-state index contributed by atoms with van der Waals surface area (Å²) in [4.78, 5) is 43.7. The molecule has 2 aromatic carbocycles. The van der Waals surface area contributed by atoms with Crippen molar-refractivity contribution in [3.8, 4) is 0 Å². The van der Waals surface area contributed by atoms with Gasteiger partial charge in [-0.15, -0.1) is 0 Å². The number of amides is 2. The van der Waals surface area contributed by atoms with Crippen LogP contribution in [0.5, 0.6) is 0 Å². The maximum Gasteiger partial charge on any atom is 0.322 e. The zero-order valence-electron chi connectivity index (χ0n) is 16.2. The highest BCUT2D eigenvalue weighted by atomic mass is 32.1. The monoisotopic (exact) mass is 435 g/mol. The van der Waals surface area contributed by atoms with Crippen LogP contribution in [0.25, 0.3) is 10.8 Å². The Balaban J connectivity index is 0.000000367. The Hall–Kier alpha value is -3.11. The van der Waals surface area contributed by atoms with Gasteiger partial charge in [0, 0.05) is 12.2 Å². The zero-order chi connectivity index (χ0) is 22.5. The predicted octanol–water partition coefficient (Wildman–Crippen LogP) is 0.634. The standard InChI is InChI=1S/C10H17N3O6S.C10H8/c11-5(10(18)19)1-2-7(14)13-6(4-20)9(17)12-3-8(15)16;1-2-6-10-8-4-3-7-9(10)5-1/h5-6,20H,1-4,11H2,(H,12,17)(H,13,14)(H,15,16)(H,18,19);1-8H/t5-,6-;/m0./s1. The molecule has 0 heterocycles. The molecule has 0 fully saturated rings.